The minimum absolute atomic E-state index is 0.235. The average Bonchev–Trinajstić information content (AvgIpc) is 2.52. The Morgan fingerprint density at radius 2 is 1.00 bits per heavy atom. The van der Waals surface area contributed by atoms with E-state index in [1.54, 1.807) is 4.68 Å². The summed E-state index contributed by atoms with van der Waals surface area (Å²) < 4.78 is 1.57. The fourth-order valence-corrected chi connectivity index (χ4v) is 2.51. The summed E-state index contributed by atoms with van der Waals surface area (Å²) in [7, 11) is 0. The molecule has 2 aromatic carbocycles. The number of hydrogen-bond donors (Lipinski definition) is 1. The molecule has 0 aliphatic rings. The zero-order valence-electron chi connectivity index (χ0n) is 11.2. The lowest BCUT2D eigenvalue weighted by Crippen LogP contribution is -2.43. The van der Waals surface area contributed by atoms with Crippen molar-refractivity contribution >= 4 is 0 Å². The molecule has 0 saturated heterocycles. The topological polar surface area (TPSA) is 29.9 Å². The van der Waals surface area contributed by atoms with Gasteiger partial charge in [-0.2, -0.15) is 0 Å². The van der Waals surface area contributed by atoms with Crippen LogP contribution in [0.25, 0.3) is 0 Å². The van der Waals surface area contributed by atoms with E-state index in [0.29, 0.717) is 0 Å². The van der Waals surface area contributed by atoms with Gasteiger partial charge in [0.1, 0.15) is 0 Å². The summed E-state index contributed by atoms with van der Waals surface area (Å²) in [6, 6.07) is 25.2. The molecule has 1 aromatic heterocycles. The van der Waals surface area contributed by atoms with Crippen molar-refractivity contribution in [2.45, 2.75) is 5.92 Å². The molecule has 0 saturated carbocycles. The van der Waals surface area contributed by atoms with Crippen LogP contribution in [-0.2, 0) is 0 Å². The molecule has 1 heterocycles. The Hall–Kier alpha value is -2.61. The van der Waals surface area contributed by atoms with Gasteiger partial charge < -0.3 is 0 Å². The first kappa shape index (κ1) is 12.4. The molecule has 0 aliphatic heterocycles. The molecule has 0 unspecified atom stereocenters. The molecule has 98 valence electrons. The summed E-state index contributed by atoms with van der Waals surface area (Å²) in [5, 5.41) is 0. The number of aromatic nitrogens is 1. The lowest BCUT2D eigenvalue weighted by atomic mass is 9.86. The van der Waals surface area contributed by atoms with Crippen molar-refractivity contribution in [2.75, 3.05) is 5.84 Å². The summed E-state index contributed by atoms with van der Waals surface area (Å²) in [4.78, 5) is 0. The molecule has 0 fully saturated rings. The number of benzene rings is 2. The fourth-order valence-electron chi connectivity index (χ4n) is 2.51. The molecular formula is C18H17N2+. The van der Waals surface area contributed by atoms with Crippen LogP contribution in [0.2, 0.25) is 0 Å². The van der Waals surface area contributed by atoms with Gasteiger partial charge in [0, 0.05) is 18.1 Å². The lowest BCUT2D eigenvalue weighted by molar-refractivity contribution is -0.639. The predicted molar refractivity (Wildman–Crippen MR) is 80.6 cm³/mol. The summed E-state index contributed by atoms with van der Waals surface area (Å²) in [5.74, 6) is 5.96. The first-order valence-electron chi connectivity index (χ1n) is 6.71. The average molecular weight is 261 g/mol. The number of rotatable bonds is 3. The van der Waals surface area contributed by atoms with Crippen LogP contribution in [0.5, 0.6) is 0 Å². The van der Waals surface area contributed by atoms with Crippen LogP contribution in [0.4, 0.5) is 0 Å². The van der Waals surface area contributed by atoms with Crippen molar-refractivity contribution in [1.29, 1.82) is 0 Å². The highest BCUT2D eigenvalue weighted by Crippen LogP contribution is 2.30. The predicted octanol–water partition coefficient (Wildman–Crippen LogP) is 2.87. The molecule has 2 heteroatoms. The Morgan fingerprint density at radius 1 is 0.600 bits per heavy atom. The van der Waals surface area contributed by atoms with Gasteiger partial charge in [-0.1, -0.05) is 65.3 Å². The monoisotopic (exact) mass is 261 g/mol. The Morgan fingerprint density at radius 3 is 1.45 bits per heavy atom. The van der Waals surface area contributed by atoms with Crippen LogP contribution in [0, 0.1) is 0 Å². The highest BCUT2D eigenvalue weighted by molar-refractivity contribution is 5.41. The van der Waals surface area contributed by atoms with Gasteiger partial charge in [0.25, 0.3) is 0 Å². The molecule has 2 nitrogen and oxygen atoms in total. The second-order valence-corrected chi connectivity index (χ2v) is 4.83. The van der Waals surface area contributed by atoms with Gasteiger partial charge in [-0.3, -0.25) is 0 Å². The number of nitrogens with two attached hydrogens (primary N) is 1. The standard InChI is InChI=1S/C18H17N2/c19-20-13-11-17(12-14-20)18(15-7-3-1-4-8-15)16-9-5-2-6-10-16/h1-14,18H,19H2/q+1. The fraction of sp³-hybridized carbons (Fsp3) is 0.0556. The zero-order chi connectivity index (χ0) is 13.8. The van der Waals surface area contributed by atoms with Crippen LogP contribution in [0.3, 0.4) is 0 Å². The molecule has 3 rings (SSSR count). The van der Waals surface area contributed by atoms with Crippen LogP contribution in [0.15, 0.2) is 85.2 Å². The van der Waals surface area contributed by atoms with Gasteiger partial charge in [0.15, 0.2) is 12.4 Å². The van der Waals surface area contributed by atoms with E-state index in [4.69, 9.17) is 5.84 Å². The Bertz CT molecular complexity index is 621. The molecule has 0 aliphatic carbocycles. The maximum absolute atomic E-state index is 5.72. The third-order valence-corrected chi connectivity index (χ3v) is 3.48. The smallest absolute Gasteiger partial charge is 0.199 e. The van der Waals surface area contributed by atoms with Gasteiger partial charge in [-0.05, 0) is 16.7 Å². The quantitative estimate of drug-likeness (QED) is 0.570. The van der Waals surface area contributed by atoms with Crippen molar-refractivity contribution in [3.63, 3.8) is 0 Å². The van der Waals surface area contributed by atoms with Crippen molar-refractivity contribution < 1.29 is 4.68 Å². The maximum Gasteiger partial charge on any atom is 0.199 e. The first-order valence-corrected chi connectivity index (χ1v) is 6.71. The summed E-state index contributed by atoms with van der Waals surface area (Å²) in [6.45, 7) is 0. The molecule has 20 heavy (non-hydrogen) atoms. The van der Waals surface area contributed by atoms with Crippen LogP contribution in [-0.4, -0.2) is 0 Å². The summed E-state index contributed by atoms with van der Waals surface area (Å²) >= 11 is 0. The number of nitrogens with zero attached hydrogens (tertiary/aromatic N) is 1. The number of hydrogen-bond acceptors (Lipinski definition) is 1. The molecule has 2 N–H and O–H groups in total. The maximum atomic E-state index is 5.72. The molecule has 0 atom stereocenters. The van der Waals surface area contributed by atoms with Crippen LogP contribution >= 0.6 is 0 Å². The number of pyridine rings is 1. The molecule has 0 spiro atoms. The zero-order valence-corrected chi connectivity index (χ0v) is 11.2. The van der Waals surface area contributed by atoms with Gasteiger partial charge >= 0.3 is 0 Å². The minimum atomic E-state index is 0.235. The van der Waals surface area contributed by atoms with E-state index in [-0.39, 0.29) is 5.92 Å². The van der Waals surface area contributed by atoms with Crippen LogP contribution < -0.4 is 10.5 Å². The second-order valence-electron chi connectivity index (χ2n) is 4.83. The Kier molecular flexibility index (Phi) is 3.46. The van der Waals surface area contributed by atoms with E-state index in [0.717, 1.165) is 0 Å². The SMILES string of the molecule is N[n+]1ccc(C(c2ccccc2)c2ccccc2)cc1. The minimum Gasteiger partial charge on any atom is -0.205 e. The van der Waals surface area contributed by atoms with Gasteiger partial charge in [0.2, 0.25) is 0 Å². The number of nitrogen functional groups attached to an aromatic ring is 1. The second kappa shape index (κ2) is 5.57. The summed E-state index contributed by atoms with van der Waals surface area (Å²) in [6.07, 6.45) is 3.77. The van der Waals surface area contributed by atoms with Gasteiger partial charge in [0.05, 0.1) is 0 Å². The first-order chi connectivity index (χ1) is 9.84. The van der Waals surface area contributed by atoms with E-state index in [2.05, 4.69) is 60.7 Å². The van der Waals surface area contributed by atoms with E-state index in [1.807, 2.05) is 24.5 Å². The largest absolute Gasteiger partial charge is 0.205 e. The lowest BCUT2D eigenvalue weighted by Gasteiger charge is -2.17. The van der Waals surface area contributed by atoms with E-state index in [9.17, 15) is 0 Å². The van der Waals surface area contributed by atoms with Crippen molar-refractivity contribution in [2.24, 2.45) is 0 Å². The molecular weight excluding hydrogens is 244 g/mol. The highest BCUT2D eigenvalue weighted by atomic mass is 15.3. The normalized spacial score (nSPS) is 10.7. The van der Waals surface area contributed by atoms with Crippen molar-refractivity contribution in [3.8, 4) is 0 Å². The Labute approximate surface area is 119 Å². The van der Waals surface area contributed by atoms with Gasteiger partial charge in [-0.25, -0.2) is 5.84 Å². The molecule has 0 amide bonds. The van der Waals surface area contributed by atoms with Gasteiger partial charge in [-0.15, -0.1) is 0 Å². The summed E-state index contributed by atoms with van der Waals surface area (Å²) in [5.41, 5.74) is 3.81. The molecule has 0 radical (unpaired) electrons. The van der Waals surface area contributed by atoms with E-state index in [1.165, 1.54) is 16.7 Å². The Balaban J connectivity index is 2.11. The van der Waals surface area contributed by atoms with E-state index >= 15 is 0 Å². The van der Waals surface area contributed by atoms with E-state index < -0.39 is 0 Å². The molecule has 3 aromatic rings. The highest BCUT2D eigenvalue weighted by Gasteiger charge is 2.17. The van der Waals surface area contributed by atoms with Crippen molar-refractivity contribution in [3.05, 3.63) is 102 Å². The third kappa shape index (κ3) is 2.54. The third-order valence-electron chi connectivity index (χ3n) is 3.48. The van der Waals surface area contributed by atoms with Crippen LogP contribution in [0.1, 0.15) is 22.6 Å². The molecule has 0 bridgehead atoms. The van der Waals surface area contributed by atoms with Crippen molar-refractivity contribution in [1.82, 2.24) is 0 Å².